The molecule has 1 saturated heterocycles. The molecule has 170 valence electrons. The van der Waals surface area contributed by atoms with E-state index in [9.17, 15) is 10.1 Å². The summed E-state index contributed by atoms with van der Waals surface area (Å²) in [7, 11) is 0. The molecular formula is C25H32N4O3. The third kappa shape index (κ3) is 6.30. The minimum absolute atomic E-state index is 0.0143. The number of morpholine rings is 1. The molecule has 0 bridgehead atoms. The molecule has 0 spiro atoms. The number of benzene rings is 2. The first-order chi connectivity index (χ1) is 15.5. The first-order valence-electron chi connectivity index (χ1n) is 11.1. The zero-order valence-corrected chi connectivity index (χ0v) is 18.9. The van der Waals surface area contributed by atoms with Gasteiger partial charge in [0, 0.05) is 45.0 Å². The first-order valence-corrected chi connectivity index (χ1v) is 11.1. The van der Waals surface area contributed by atoms with E-state index < -0.39 is 5.91 Å². The topological polar surface area (TPSA) is 97.6 Å². The Morgan fingerprint density at radius 2 is 1.94 bits per heavy atom. The van der Waals surface area contributed by atoms with E-state index in [1.807, 2.05) is 31.2 Å². The molecule has 2 aromatic rings. The van der Waals surface area contributed by atoms with Gasteiger partial charge in [-0.05, 0) is 52.9 Å². The number of nitrogens with one attached hydrogen (secondary N) is 2. The van der Waals surface area contributed by atoms with Crippen LogP contribution in [0.25, 0.3) is 16.3 Å². The lowest BCUT2D eigenvalue weighted by molar-refractivity contribution is -0.117. The minimum atomic E-state index is -0.412. The molecule has 3 rings (SSSR count). The van der Waals surface area contributed by atoms with E-state index in [4.69, 9.17) is 9.84 Å². The van der Waals surface area contributed by atoms with Crippen molar-refractivity contribution in [3.05, 3.63) is 47.5 Å². The Kier molecular flexibility index (Phi) is 8.63. The molecule has 1 atom stereocenters. The summed E-state index contributed by atoms with van der Waals surface area (Å²) in [5.74, 6) is -0.471. The maximum atomic E-state index is 12.4. The number of allylic oxidation sites excluding steroid dienone is 1. The van der Waals surface area contributed by atoms with Crippen molar-refractivity contribution in [2.75, 3.05) is 57.9 Å². The second-order valence-electron chi connectivity index (χ2n) is 8.27. The fraction of sp³-hybridized carbons (Fsp3) is 0.440. The molecule has 1 aliphatic heterocycles. The van der Waals surface area contributed by atoms with Crippen molar-refractivity contribution < 1.29 is 14.6 Å². The molecule has 1 unspecified atom stereocenters. The van der Waals surface area contributed by atoms with Crippen LogP contribution in [0.1, 0.15) is 19.4 Å². The standard InChI is InChI=1S/C25H32N4O3/c1-18(17-30)16-28-25(31)24(15-26)19(2)20-3-4-22-14-23(6-5-21(22)13-20)27-7-8-29-9-11-32-12-10-29/h3-6,13-14,18,27,30H,7-12,16-17H2,1-2H3,(H,28,31)/b24-19+. The summed E-state index contributed by atoms with van der Waals surface area (Å²) in [6.07, 6.45) is 0. The monoisotopic (exact) mass is 436 g/mol. The van der Waals surface area contributed by atoms with E-state index in [2.05, 4.69) is 33.7 Å². The van der Waals surface area contributed by atoms with Gasteiger partial charge >= 0.3 is 0 Å². The maximum absolute atomic E-state index is 12.4. The highest BCUT2D eigenvalue weighted by Crippen LogP contribution is 2.25. The van der Waals surface area contributed by atoms with Crippen LogP contribution in [-0.2, 0) is 9.53 Å². The van der Waals surface area contributed by atoms with E-state index in [-0.39, 0.29) is 18.1 Å². The highest BCUT2D eigenvalue weighted by atomic mass is 16.5. The Hall–Kier alpha value is -2.92. The van der Waals surface area contributed by atoms with Gasteiger partial charge in [-0.1, -0.05) is 25.1 Å². The fourth-order valence-corrected chi connectivity index (χ4v) is 3.64. The summed E-state index contributed by atoms with van der Waals surface area (Å²) < 4.78 is 5.39. The quantitative estimate of drug-likeness (QED) is 0.413. The molecule has 7 heteroatoms. The maximum Gasteiger partial charge on any atom is 0.262 e. The number of nitriles is 1. The second kappa shape index (κ2) is 11.6. The van der Waals surface area contributed by atoms with Crippen LogP contribution in [0, 0.1) is 17.2 Å². The third-order valence-electron chi connectivity index (χ3n) is 5.77. The molecule has 1 fully saturated rings. The van der Waals surface area contributed by atoms with Crippen molar-refractivity contribution in [1.29, 1.82) is 5.26 Å². The molecule has 32 heavy (non-hydrogen) atoms. The highest BCUT2D eigenvalue weighted by molar-refractivity contribution is 6.05. The Morgan fingerprint density at radius 3 is 2.66 bits per heavy atom. The molecule has 0 radical (unpaired) electrons. The van der Waals surface area contributed by atoms with Crippen molar-refractivity contribution in [3.8, 4) is 6.07 Å². The van der Waals surface area contributed by atoms with E-state index in [0.717, 1.165) is 61.4 Å². The largest absolute Gasteiger partial charge is 0.396 e. The molecule has 1 amide bonds. The Bertz CT molecular complexity index is 1010. The molecule has 2 aromatic carbocycles. The predicted octanol–water partition coefficient (Wildman–Crippen LogP) is 2.63. The number of aliphatic hydroxyl groups excluding tert-OH is 1. The molecule has 1 heterocycles. The first kappa shape index (κ1) is 23.7. The van der Waals surface area contributed by atoms with Crippen LogP contribution in [0.2, 0.25) is 0 Å². The van der Waals surface area contributed by atoms with Crippen molar-refractivity contribution in [1.82, 2.24) is 10.2 Å². The molecule has 0 aliphatic carbocycles. The van der Waals surface area contributed by atoms with Crippen LogP contribution in [0.5, 0.6) is 0 Å². The number of carbonyl (C=O) groups is 1. The average molecular weight is 437 g/mol. The minimum Gasteiger partial charge on any atom is -0.396 e. The van der Waals surface area contributed by atoms with Crippen molar-refractivity contribution in [2.24, 2.45) is 5.92 Å². The van der Waals surface area contributed by atoms with Crippen LogP contribution in [0.4, 0.5) is 5.69 Å². The number of fused-ring (bicyclic) bond motifs is 1. The van der Waals surface area contributed by atoms with Gasteiger partial charge in [0.25, 0.3) is 5.91 Å². The number of carbonyl (C=O) groups excluding carboxylic acids is 1. The molecular weight excluding hydrogens is 404 g/mol. The Balaban J connectivity index is 1.68. The number of ether oxygens (including phenoxy) is 1. The number of hydrogen-bond acceptors (Lipinski definition) is 6. The number of aliphatic hydroxyl groups is 1. The van der Waals surface area contributed by atoms with Gasteiger partial charge in [0.1, 0.15) is 11.6 Å². The van der Waals surface area contributed by atoms with E-state index in [0.29, 0.717) is 12.1 Å². The Morgan fingerprint density at radius 1 is 1.22 bits per heavy atom. The lowest BCUT2D eigenvalue weighted by Gasteiger charge is -2.26. The lowest BCUT2D eigenvalue weighted by atomic mass is 9.98. The smallest absolute Gasteiger partial charge is 0.262 e. The third-order valence-corrected chi connectivity index (χ3v) is 5.77. The summed E-state index contributed by atoms with van der Waals surface area (Å²) in [6, 6.07) is 14.2. The van der Waals surface area contributed by atoms with Gasteiger partial charge in [-0.15, -0.1) is 0 Å². The van der Waals surface area contributed by atoms with Gasteiger partial charge in [-0.25, -0.2) is 0 Å². The lowest BCUT2D eigenvalue weighted by Crippen LogP contribution is -2.38. The zero-order valence-electron chi connectivity index (χ0n) is 18.9. The number of rotatable bonds is 9. The van der Waals surface area contributed by atoms with Crippen LogP contribution in [-0.4, -0.2) is 68.5 Å². The molecule has 0 aromatic heterocycles. The van der Waals surface area contributed by atoms with Crippen LogP contribution in [0.3, 0.4) is 0 Å². The van der Waals surface area contributed by atoms with Crippen LogP contribution >= 0.6 is 0 Å². The van der Waals surface area contributed by atoms with Crippen LogP contribution in [0.15, 0.2) is 42.0 Å². The molecule has 7 nitrogen and oxygen atoms in total. The van der Waals surface area contributed by atoms with Crippen molar-refractivity contribution in [2.45, 2.75) is 13.8 Å². The van der Waals surface area contributed by atoms with E-state index in [1.54, 1.807) is 6.92 Å². The van der Waals surface area contributed by atoms with E-state index >= 15 is 0 Å². The van der Waals surface area contributed by atoms with Crippen molar-refractivity contribution in [3.63, 3.8) is 0 Å². The van der Waals surface area contributed by atoms with Gasteiger partial charge in [-0.2, -0.15) is 5.26 Å². The summed E-state index contributed by atoms with van der Waals surface area (Å²) in [5.41, 5.74) is 2.64. The fourth-order valence-electron chi connectivity index (χ4n) is 3.64. The van der Waals surface area contributed by atoms with Crippen LogP contribution < -0.4 is 10.6 Å². The SMILES string of the molecule is C/C(=C(/C#N)C(=O)NCC(C)CO)c1ccc2cc(NCCN3CCOCC3)ccc2c1. The summed E-state index contributed by atoms with van der Waals surface area (Å²) >= 11 is 0. The predicted molar refractivity (Wildman–Crippen MR) is 127 cm³/mol. The average Bonchev–Trinajstić information content (AvgIpc) is 2.83. The number of nitrogens with zero attached hydrogens (tertiary/aromatic N) is 2. The summed E-state index contributed by atoms with van der Waals surface area (Å²) in [4.78, 5) is 14.8. The highest BCUT2D eigenvalue weighted by Gasteiger charge is 2.15. The van der Waals surface area contributed by atoms with Gasteiger partial charge in [0.15, 0.2) is 0 Å². The summed E-state index contributed by atoms with van der Waals surface area (Å²) in [6.45, 7) is 9.38. The number of hydrogen-bond donors (Lipinski definition) is 3. The van der Waals surface area contributed by atoms with Gasteiger partial charge in [-0.3, -0.25) is 9.69 Å². The van der Waals surface area contributed by atoms with Gasteiger partial charge < -0.3 is 20.5 Å². The number of anilines is 1. The normalized spacial score (nSPS) is 16.2. The summed E-state index contributed by atoms with van der Waals surface area (Å²) in [5, 5.41) is 27.0. The Labute approximate surface area is 189 Å². The zero-order chi connectivity index (χ0) is 22.9. The molecule has 3 N–H and O–H groups in total. The molecule has 1 aliphatic rings. The number of amides is 1. The molecule has 0 saturated carbocycles. The van der Waals surface area contributed by atoms with Gasteiger partial charge in [0.2, 0.25) is 0 Å². The second-order valence-corrected chi connectivity index (χ2v) is 8.27. The van der Waals surface area contributed by atoms with Gasteiger partial charge in [0.05, 0.1) is 13.2 Å². The van der Waals surface area contributed by atoms with E-state index in [1.165, 1.54) is 0 Å². The van der Waals surface area contributed by atoms with Crippen molar-refractivity contribution >= 4 is 27.9 Å².